The van der Waals surface area contributed by atoms with Crippen molar-refractivity contribution in [2.75, 3.05) is 16.4 Å². The van der Waals surface area contributed by atoms with Gasteiger partial charge in [0.15, 0.2) is 6.29 Å². The lowest BCUT2D eigenvalue weighted by molar-refractivity contribution is -0.245. The van der Waals surface area contributed by atoms with Crippen LogP contribution in [-0.2, 0) is 30.5 Å². The molecule has 1 saturated heterocycles. The van der Waals surface area contributed by atoms with E-state index in [4.69, 9.17) is 14.7 Å². The average Bonchev–Trinajstić information content (AvgIpc) is 3.00. The molecule has 0 radical (unpaired) electrons. The highest BCUT2D eigenvalue weighted by Crippen LogP contribution is 2.39. The Morgan fingerprint density at radius 3 is 2.10 bits per heavy atom. The molecule has 3 amide bonds. The first kappa shape index (κ1) is 31.2. The van der Waals surface area contributed by atoms with Crippen LogP contribution in [0.4, 0.5) is 11.4 Å². The number of ether oxygens (including phenoxy) is 2. The highest BCUT2D eigenvalue weighted by molar-refractivity contribution is 7.99. The number of benzene rings is 3. The largest absolute Gasteiger partial charge is 0.392 e. The van der Waals surface area contributed by atoms with Gasteiger partial charge in [-0.05, 0) is 53.9 Å². The second-order valence-electron chi connectivity index (χ2n) is 9.93. The van der Waals surface area contributed by atoms with Gasteiger partial charge in [-0.15, -0.1) is 11.8 Å². The van der Waals surface area contributed by atoms with E-state index in [1.54, 1.807) is 29.4 Å². The monoisotopic (exact) mass is 593 g/mol. The van der Waals surface area contributed by atoms with Crippen molar-refractivity contribution in [3.05, 3.63) is 89.5 Å². The number of aliphatic hydroxyl groups excluding tert-OH is 1. The molecular formula is C31H35N3O7S. The molecule has 10 nitrogen and oxygen atoms in total. The first-order valence-electron chi connectivity index (χ1n) is 13.7. The molecule has 42 heavy (non-hydrogen) atoms. The normalized spacial score (nSPS) is 18.2. The Morgan fingerprint density at radius 1 is 0.833 bits per heavy atom. The minimum absolute atomic E-state index is 0.0294. The fraction of sp³-hybridized carbons (Fsp3) is 0.323. The molecule has 0 unspecified atom stereocenters. The molecular weight excluding hydrogens is 558 g/mol. The Morgan fingerprint density at radius 2 is 1.45 bits per heavy atom. The molecule has 222 valence electrons. The molecule has 0 spiro atoms. The zero-order chi connectivity index (χ0) is 29.9. The highest BCUT2D eigenvalue weighted by Gasteiger charge is 2.32. The summed E-state index contributed by atoms with van der Waals surface area (Å²) in [4.78, 5) is 35.7. The molecule has 3 aromatic rings. The third kappa shape index (κ3) is 9.40. The van der Waals surface area contributed by atoms with Crippen LogP contribution in [-0.4, -0.2) is 39.9 Å². The quantitative estimate of drug-likeness (QED) is 0.111. The second kappa shape index (κ2) is 15.5. The van der Waals surface area contributed by atoms with Crippen LogP contribution in [0.5, 0.6) is 0 Å². The lowest BCUT2D eigenvalue weighted by Gasteiger charge is -2.36. The average molecular weight is 594 g/mol. The number of thioether (sulfide) groups is 1. The minimum Gasteiger partial charge on any atom is -0.392 e. The Balaban J connectivity index is 1.41. The van der Waals surface area contributed by atoms with Gasteiger partial charge in [0.05, 0.1) is 18.8 Å². The predicted molar refractivity (Wildman–Crippen MR) is 159 cm³/mol. The van der Waals surface area contributed by atoms with Gasteiger partial charge < -0.3 is 25.2 Å². The Labute approximate surface area is 248 Å². The number of carbonyl (C=O) groups is 3. The molecule has 11 heteroatoms. The van der Waals surface area contributed by atoms with Gasteiger partial charge in [-0.2, -0.15) is 0 Å². The lowest BCUT2D eigenvalue weighted by Crippen LogP contribution is -2.31. The van der Waals surface area contributed by atoms with E-state index in [1.807, 2.05) is 60.7 Å². The van der Waals surface area contributed by atoms with Crippen LogP contribution in [0.15, 0.2) is 77.7 Å². The summed E-state index contributed by atoms with van der Waals surface area (Å²) in [6.45, 7) is 1.45. The van der Waals surface area contributed by atoms with Crippen LogP contribution in [0.2, 0.25) is 0 Å². The van der Waals surface area contributed by atoms with Crippen LogP contribution < -0.4 is 16.1 Å². The van der Waals surface area contributed by atoms with E-state index in [-0.39, 0.29) is 43.5 Å². The van der Waals surface area contributed by atoms with Crippen molar-refractivity contribution in [2.45, 2.75) is 62.6 Å². The van der Waals surface area contributed by atoms with E-state index in [1.165, 1.54) is 6.92 Å². The van der Waals surface area contributed by atoms with Crippen LogP contribution in [0.1, 0.15) is 61.7 Å². The SMILES string of the molecule is CC(=O)Nc1ccc(SC[C@H]2C[C@@H](c3ccc(CO)cc3)O[C@@H](c3ccc(NC(=O)CCCC(=O)NO)cc3)O2)cc1. The van der Waals surface area contributed by atoms with E-state index < -0.39 is 12.2 Å². The third-order valence-electron chi connectivity index (χ3n) is 6.62. The van der Waals surface area contributed by atoms with Crippen LogP contribution in [0.25, 0.3) is 0 Å². The Bertz CT molecular complexity index is 1330. The van der Waals surface area contributed by atoms with E-state index in [0.29, 0.717) is 24.3 Å². The number of carbonyl (C=O) groups excluding carboxylic acids is 3. The molecule has 1 heterocycles. The summed E-state index contributed by atoms with van der Waals surface area (Å²) >= 11 is 1.66. The number of aliphatic hydroxyl groups is 1. The summed E-state index contributed by atoms with van der Waals surface area (Å²) in [6, 6.07) is 22.6. The number of anilines is 2. The predicted octanol–water partition coefficient (Wildman–Crippen LogP) is 5.09. The smallest absolute Gasteiger partial charge is 0.243 e. The number of nitrogens with one attached hydrogen (secondary N) is 3. The van der Waals surface area contributed by atoms with Crippen molar-refractivity contribution in [1.29, 1.82) is 0 Å². The molecule has 3 atom stereocenters. The minimum atomic E-state index is -0.629. The zero-order valence-corrected chi connectivity index (χ0v) is 24.1. The maximum absolute atomic E-state index is 12.2. The summed E-state index contributed by atoms with van der Waals surface area (Å²) in [5.74, 6) is -0.186. The molecule has 0 aliphatic carbocycles. The van der Waals surface area contributed by atoms with Crippen LogP contribution in [0.3, 0.4) is 0 Å². The molecule has 4 rings (SSSR count). The lowest BCUT2D eigenvalue weighted by atomic mass is 10.0. The maximum atomic E-state index is 12.2. The van der Waals surface area contributed by atoms with Crippen molar-refractivity contribution in [2.24, 2.45) is 0 Å². The van der Waals surface area contributed by atoms with E-state index in [2.05, 4.69) is 10.6 Å². The van der Waals surface area contributed by atoms with Crippen molar-refractivity contribution >= 4 is 40.9 Å². The highest BCUT2D eigenvalue weighted by atomic mass is 32.2. The first-order chi connectivity index (χ1) is 20.3. The number of hydrogen-bond acceptors (Lipinski definition) is 8. The van der Waals surface area contributed by atoms with Gasteiger partial charge in [0.1, 0.15) is 0 Å². The number of rotatable bonds is 12. The fourth-order valence-corrected chi connectivity index (χ4v) is 5.38. The summed E-state index contributed by atoms with van der Waals surface area (Å²) in [5.41, 5.74) is 5.53. The Kier molecular flexibility index (Phi) is 11.5. The van der Waals surface area contributed by atoms with Gasteiger partial charge >= 0.3 is 0 Å². The molecule has 0 saturated carbocycles. The van der Waals surface area contributed by atoms with Gasteiger partial charge in [-0.25, -0.2) is 5.48 Å². The maximum Gasteiger partial charge on any atom is 0.243 e. The molecule has 3 aromatic carbocycles. The fourth-order valence-electron chi connectivity index (χ4n) is 4.46. The zero-order valence-electron chi connectivity index (χ0n) is 23.2. The summed E-state index contributed by atoms with van der Waals surface area (Å²) in [5, 5.41) is 23.6. The van der Waals surface area contributed by atoms with Gasteiger partial charge in [-0.3, -0.25) is 19.6 Å². The van der Waals surface area contributed by atoms with Crippen molar-refractivity contribution < 1.29 is 34.2 Å². The standard InChI is InChI=1S/C31H35N3O7S/c1-20(36)32-24-13-15-27(16-14-24)42-19-26-17-28(22-7-5-21(18-35)6-8-22)41-31(40-26)23-9-11-25(12-10-23)33-29(37)3-2-4-30(38)34-39/h5-16,26,28,31,35,39H,2-4,17-19H2,1H3,(H,32,36)(H,33,37)(H,34,38)/t26-,28+,31+/m1/s1. The molecule has 5 N–H and O–H groups in total. The van der Waals surface area contributed by atoms with Crippen molar-refractivity contribution in [3.8, 4) is 0 Å². The van der Waals surface area contributed by atoms with Gasteiger partial charge in [0.2, 0.25) is 17.7 Å². The van der Waals surface area contributed by atoms with E-state index in [9.17, 15) is 19.5 Å². The number of hydroxylamine groups is 1. The number of hydrogen-bond donors (Lipinski definition) is 5. The summed E-state index contributed by atoms with van der Waals surface area (Å²) in [7, 11) is 0. The second-order valence-corrected chi connectivity index (χ2v) is 11.0. The molecule has 1 fully saturated rings. The van der Waals surface area contributed by atoms with E-state index >= 15 is 0 Å². The summed E-state index contributed by atoms with van der Waals surface area (Å²) < 4.78 is 12.8. The van der Waals surface area contributed by atoms with Crippen LogP contribution >= 0.6 is 11.8 Å². The van der Waals surface area contributed by atoms with Gasteiger partial charge in [0.25, 0.3) is 0 Å². The van der Waals surface area contributed by atoms with Crippen molar-refractivity contribution in [1.82, 2.24) is 5.48 Å². The molecule has 1 aliphatic heterocycles. The van der Waals surface area contributed by atoms with Gasteiger partial charge in [0, 0.05) is 53.8 Å². The van der Waals surface area contributed by atoms with E-state index in [0.717, 1.165) is 27.3 Å². The molecule has 0 aromatic heterocycles. The Hall–Kier alpha value is -3.74. The third-order valence-corrected chi connectivity index (χ3v) is 7.77. The number of amides is 3. The van der Waals surface area contributed by atoms with Crippen LogP contribution in [0, 0.1) is 0 Å². The molecule has 0 bridgehead atoms. The molecule has 1 aliphatic rings. The van der Waals surface area contributed by atoms with Crippen molar-refractivity contribution in [3.63, 3.8) is 0 Å². The topological polar surface area (TPSA) is 146 Å². The first-order valence-corrected chi connectivity index (χ1v) is 14.7. The van der Waals surface area contributed by atoms with Gasteiger partial charge in [-0.1, -0.05) is 36.4 Å². The summed E-state index contributed by atoms with van der Waals surface area (Å²) in [6.07, 6.45) is 0.201.